The molecule has 2 aliphatic rings. The van der Waals surface area contributed by atoms with E-state index in [1.165, 1.54) is 5.69 Å². The smallest absolute Gasteiger partial charge is 0.168 e. The normalized spacial score (nSPS) is 21.7. The van der Waals surface area contributed by atoms with Crippen LogP contribution in [0, 0.1) is 5.92 Å². The van der Waals surface area contributed by atoms with E-state index in [0.717, 1.165) is 63.7 Å². The molecule has 2 saturated heterocycles. The highest BCUT2D eigenvalue weighted by molar-refractivity contribution is 5.49. The van der Waals surface area contributed by atoms with E-state index in [9.17, 15) is 0 Å². The van der Waals surface area contributed by atoms with Gasteiger partial charge in [-0.05, 0) is 53.5 Å². The van der Waals surface area contributed by atoms with Gasteiger partial charge in [0.15, 0.2) is 5.82 Å². The summed E-state index contributed by atoms with van der Waals surface area (Å²) in [4.78, 5) is 4.96. The fourth-order valence-corrected chi connectivity index (χ4v) is 4.47. The molecule has 0 unspecified atom stereocenters. The standard InChI is InChI=1S/C21H32N6O2/c1-16(2)20(21-22-23-24-27(21)15-19-5-4-14-29-19)26-12-10-25(11-13-26)17-6-8-18(28-3)9-7-17/h6-9,16,19-20H,4-5,10-15H2,1-3H3/t19-,20-/m0/s1. The fraction of sp³-hybridized carbons (Fsp3) is 0.667. The van der Waals surface area contributed by atoms with Gasteiger partial charge in [-0.1, -0.05) is 13.8 Å². The Morgan fingerprint density at radius 3 is 2.52 bits per heavy atom. The molecule has 2 fully saturated rings. The molecule has 0 N–H and O–H groups in total. The lowest BCUT2D eigenvalue weighted by atomic mass is 10.0. The first kappa shape index (κ1) is 20.1. The highest BCUT2D eigenvalue weighted by Gasteiger charge is 2.32. The van der Waals surface area contributed by atoms with Crippen LogP contribution in [0.4, 0.5) is 5.69 Å². The Labute approximate surface area is 172 Å². The first-order chi connectivity index (χ1) is 14.2. The summed E-state index contributed by atoms with van der Waals surface area (Å²) >= 11 is 0. The molecule has 1 aromatic carbocycles. The van der Waals surface area contributed by atoms with Gasteiger partial charge < -0.3 is 14.4 Å². The second-order valence-corrected chi connectivity index (χ2v) is 8.26. The number of aromatic nitrogens is 4. The molecule has 2 aromatic rings. The van der Waals surface area contributed by atoms with Crippen LogP contribution < -0.4 is 9.64 Å². The first-order valence-electron chi connectivity index (χ1n) is 10.7. The number of ether oxygens (including phenoxy) is 2. The summed E-state index contributed by atoms with van der Waals surface area (Å²) in [5, 5.41) is 12.7. The summed E-state index contributed by atoms with van der Waals surface area (Å²) in [5.74, 6) is 2.29. The third-order valence-electron chi connectivity index (χ3n) is 6.00. The Morgan fingerprint density at radius 2 is 1.90 bits per heavy atom. The first-order valence-corrected chi connectivity index (χ1v) is 10.7. The zero-order valence-electron chi connectivity index (χ0n) is 17.7. The molecule has 0 spiro atoms. The average molecular weight is 401 g/mol. The van der Waals surface area contributed by atoms with Gasteiger partial charge in [0, 0.05) is 38.5 Å². The number of tetrazole rings is 1. The largest absolute Gasteiger partial charge is 0.497 e. The topological polar surface area (TPSA) is 68.5 Å². The van der Waals surface area contributed by atoms with Gasteiger partial charge >= 0.3 is 0 Å². The number of hydrogen-bond acceptors (Lipinski definition) is 7. The van der Waals surface area contributed by atoms with E-state index in [2.05, 4.69) is 51.3 Å². The van der Waals surface area contributed by atoms with Gasteiger partial charge in [0.1, 0.15) is 5.75 Å². The molecular formula is C21H32N6O2. The molecule has 2 aliphatic heterocycles. The number of hydrogen-bond donors (Lipinski definition) is 0. The number of piperazine rings is 1. The lowest BCUT2D eigenvalue weighted by molar-refractivity contribution is 0.0865. The van der Waals surface area contributed by atoms with Gasteiger partial charge in [-0.15, -0.1) is 5.10 Å². The Bertz CT molecular complexity index is 764. The van der Waals surface area contributed by atoms with E-state index in [-0.39, 0.29) is 12.1 Å². The molecule has 8 heteroatoms. The van der Waals surface area contributed by atoms with Gasteiger partial charge in [0.25, 0.3) is 0 Å². The van der Waals surface area contributed by atoms with Crippen LogP contribution in [0.3, 0.4) is 0 Å². The molecule has 29 heavy (non-hydrogen) atoms. The second-order valence-electron chi connectivity index (χ2n) is 8.26. The number of benzene rings is 1. The highest BCUT2D eigenvalue weighted by Crippen LogP contribution is 2.30. The molecule has 0 bridgehead atoms. The van der Waals surface area contributed by atoms with Crippen LogP contribution in [-0.2, 0) is 11.3 Å². The summed E-state index contributed by atoms with van der Waals surface area (Å²) in [6.45, 7) is 10.1. The zero-order chi connectivity index (χ0) is 20.2. The van der Waals surface area contributed by atoms with Gasteiger partial charge in [-0.3, -0.25) is 4.90 Å². The Hall–Kier alpha value is -2.19. The van der Waals surface area contributed by atoms with Crippen molar-refractivity contribution in [1.82, 2.24) is 25.1 Å². The predicted octanol–water partition coefficient (Wildman–Crippen LogP) is 2.38. The minimum atomic E-state index is 0.212. The maximum atomic E-state index is 5.80. The number of nitrogens with zero attached hydrogens (tertiary/aromatic N) is 6. The number of methoxy groups -OCH3 is 1. The third-order valence-corrected chi connectivity index (χ3v) is 6.00. The molecule has 4 rings (SSSR count). The monoisotopic (exact) mass is 400 g/mol. The SMILES string of the molecule is COc1ccc(N2CCN([C@H](c3nnnn3C[C@@H]3CCCO3)C(C)C)CC2)cc1. The molecule has 3 heterocycles. The van der Waals surface area contributed by atoms with Crippen molar-refractivity contribution in [3.8, 4) is 5.75 Å². The van der Waals surface area contributed by atoms with Gasteiger partial charge in [-0.2, -0.15) is 0 Å². The minimum absolute atomic E-state index is 0.212. The summed E-state index contributed by atoms with van der Waals surface area (Å²) in [6.07, 6.45) is 2.45. The van der Waals surface area contributed by atoms with Crippen LogP contribution in [0.2, 0.25) is 0 Å². The Morgan fingerprint density at radius 1 is 1.14 bits per heavy atom. The minimum Gasteiger partial charge on any atom is -0.497 e. The van der Waals surface area contributed by atoms with Crippen LogP contribution in [-0.4, -0.2) is 71.1 Å². The zero-order valence-corrected chi connectivity index (χ0v) is 17.7. The molecule has 8 nitrogen and oxygen atoms in total. The van der Waals surface area contributed by atoms with Crippen molar-refractivity contribution in [2.24, 2.45) is 5.92 Å². The number of anilines is 1. The maximum Gasteiger partial charge on any atom is 0.168 e. The Kier molecular flexibility index (Phi) is 6.30. The third kappa shape index (κ3) is 4.53. The summed E-state index contributed by atoms with van der Waals surface area (Å²) in [7, 11) is 1.70. The number of rotatable bonds is 7. The maximum absolute atomic E-state index is 5.80. The quantitative estimate of drug-likeness (QED) is 0.707. The van der Waals surface area contributed by atoms with Crippen LogP contribution in [0.1, 0.15) is 38.6 Å². The van der Waals surface area contributed by atoms with Crippen molar-refractivity contribution in [3.63, 3.8) is 0 Å². The summed E-state index contributed by atoms with van der Waals surface area (Å²) in [6, 6.07) is 8.53. The Balaban J connectivity index is 1.43. The van der Waals surface area contributed by atoms with E-state index in [0.29, 0.717) is 5.92 Å². The van der Waals surface area contributed by atoms with Crippen LogP contribution in [0.15, 0.2) is 24.3 Å². The van der Waals surface area contributed by atoms with E-state index in [1.54, 1.807) is 7.11 Å². The van der Waals surface area contributed by atoms with Crippen molar-refractivity contribution in [3.05, 3.63) is 30.1 Å². The van der Waals surface area contributed by atoms with Crippen molar-refractivity contribution < 1.29 is 9.47 Å². The molecule has 158 valence electrons. The molecule has 0 amide bonds. The summed E-state index contributed by atoms with van der Waals surface area (Å²) < 4.78 is 13.0. The van der Waals surface area contributed by atoms with Gasteiger partial charge in [0.05, 0.1) is 25.8 Å². The second kappa shape index (κ2) is 9.09. The summed E-state index contributed by atoms with van der Waals surface area (Å²) in [5.41, 5.74) is 1.25. The molecule has 0 saturated carbocycles. The molecule has 2 atom stereocenters. The van der Waals surface area contributed by atoms with Crippen LogP contribution in [0.25, 0.3) is 0 Å². The molecule has 0 aliphatic carbocycles. The molecule has 0 radical (unpaired) electrons. The van der Waals surface area contributed by atoms with E-state index in [1.807, 2.05) is 16.8 Å². The average Bonchev–Trinajstić information content (AvgIpc) is 3.42. The van der Waals surface area contributed by atoms with E-state index < -0.39 is 0 Å². The van der Waals surface area contributed by atoms with Crippen LogP contribution in [0.5, 0.6) is 5.75 Å². The van der Waals surface area contributed by atoms with Gasteiger partial charge in [0.2, 0.25) is 0 Å². The highest BCUT2D eigenvalue weighted by atomic mass is 16.5. The van der Waals surface area contributed by atoms with E-state index in [4.69, 9.17) is 9.47 Å². The van der Waals surface area contributed by atoms with Crippen molar-refractivity contribution in [1.29, 1.82) is 0 Å². The lowest BCUT2D eigenvalue weighted by Gasteiger charge is -2.41. The molecule has 1 aromatic heterocycles. The molecular weight excluding hydrogens is 368 g/mol. The predicted molar refractivity (Wildman–Crippen MR) is 111 cm³/mol. The van der Waals surface area contributed by atoms with Gasteiger partial charge in [-0.25, -0.2) is 4.68 Å². The van der Waals surface area contributed by atoms with Crippen molar-refractivity contribution >= 4 is 5.69 Å². The fourth-order valence-electron chi connectivity index (χ4n) is 4.47. The van der Waals surface area contributed by atoms with E-state index >= 15 is 0 Å². The lowest BCUT2D eigenvalue weighted by Crippen LogP contribution is -2.49. The van der Waals surface area contributed by atoms with Crippen molar-refractivity contribution in [2.75, 3.05) is 44.8 Å². The van der Waals surface area contributed by atoms with Crippen molar-refractivity contribution in [2.45, 2.75) is 45.4 Å². The van der Waals surface area contributed by atoms with Crippen LogP contribution >= 0.6 is 0 Å².